The van der Waals surface area contributed by atoms with E-state index >= 15 is 0 Å². The normalized spacial score (nSPS) is 11.1. The number of hydrogen-bond acceptors (Lipinski definition) is 4. The Balaban J connectivity index is 3.36. The molecular weight excluding hydrogens is 236 g/mol. The van der Waals surface area contributed by atoms with Crippen molar-refractivity contribution in [2.75, 3.05) is 0 Å². The predicted octanol–water partition coefficient (Wildman–Crippen LogP) is 1.13. The summed E-state index contributed by atoms with van der Waals surface area (Å²) >= 11 is 0. The molecule has 0 atom stereocenters. The summed E-state index contributed by atoms with van der Waals surface area (Å²) in [6.45, 7) is 1.71. The number of hydrogen-bond donors (Lipinski definition) is 2. The molecule has 0 aliphatic rings. The van der Waals surface area contributed by atoms with Gasteiger partial charge in [-0.1, -0.05) is 19.1 Å². The average Bonchev–Trinajstić information content (AvgIpc) is 2.15. The summed E-state index contributed by atoms with van der Waals surface area (Å²) in [5.41, 5.74) is 0.0782. The SMILES string of the molecule is CCc1cccc(C(=O)O)c1OS(=O)(=O)O. The second-order valence-corrected chi connectivity index (χ2v) is 3.99. The minimum atomic E-state index is -4.73. The molecule has 0 heterocycles. The Hall–Kier alpha value is -1.60. The van der Waals surface area contributed by atoms with Gasteiger partial charge in [0.15, 0.2) is 5.75 Å². The van der Waals surface area contributed by atoms with Gasteiger partial charge in [-0.3, -0.25) is 4.55 Å². The lowest BCUT2D eigenvalue weighted by molar-refractivity contribution is 0.0695. The van der Waals surface area contributed by atoms with Crippen molar-refractivity contribution in [1.29, 1.82) is 0 Å². The van der Waals surface area contributed by atoms with Gasteiger partial charge in [-0.05, 0) is 18.1 Å². The Bertz CT molecular complexity index is 505. The molecule has 1 aromatic rings. The average molecular weight is 246 g/mol. The Morgan fingerprint density at radius 1 is 1.44 bits per heavy atom. The first-order chi connectivity index (χ1) is 7.35. The number of para-hydroxylation sites is 1. The third-order valence-electron chi connectivity index (χ3n) is 1.90. The molecule has 16 heavy (non-hydrogen) atoms. The van der Waals surface area contributed by atoms with Gasteiger partial charge in [0.1, 0.15) is 5.56 Å². The fraction of sp³-hybridized carbons (Fsp3) is 0.222. The number of carboxylic acid groups (broad SMARTS) is 1. The van der Waals surface area contributed by atoms with Gasteiger partial charge < -0.3 is 9.29 Å². The second-order valence-electron chi connectivity index (χ2n) is 2.96. The van der Waals surface area contributed by atoms with E-state index in [1.165, 1.54) is 18.2 Å². The Morgan fingerprint density at radius 3 is 2.50 bits per heavy atom. The van der Waals surface area contributed by atoms with Crippen molar-refractivity contribution in [1.82, 2.24) is 0 Å². The number of aromatic carboxylic acids is 1. The predicted molar refractivity (Wildman–Crippen MR) is 55.0 cm³/mol. The zero-order valence-corrected chi connectivity index (χ0v) is 9.19. The molecule has 1 aromatic carbocycles. The van der Waals surface area contributed by atoms with Crippen molar-refractivity contribution >= 4 is 16.4 Å². The lowest BCUT2D eigenvalue weighted by Gasteiger charge is -2.09. The summed E-state index contributed by atoms with van der Waals surface area (Å²) < 4.78 is 34.0. The smallest absolute Gasteiger partial charge is 0.446 e. The van der Waals surface area contributed by atoms with Crippen LogP contribution in [-0.4, -0.2) is 24.0 Å². The maximum atomic E-state index is 10.8. The van der Waals surface area contributed by atoms with Crippen LogP contribution in [0.5, 0.6) is 5.75 Å². The van der Waals surface area contributed by atoms with E-state index in [9.17, 15) is 13.2 Å². The highest BCUT2D eigenvalue weighted by atomic mass is 32.3. The fourth-order valence-electron chi connectivity index (χ4n) is 1.24. The van der Waals surface area contributed by atoms with Gasteiger partial charge in [-0.2, -0.15) is 8.42 Å². The second kappa shape index (κ2) is 4.50. The van der Waals surface area contributed by atoms with Crippen molar-refractivity contribution < 1.29 is 27.1 Å². The zero-order chi connectivity index (χ0) is 12.3. The van der Waals surface area contributed by atoms with Crippen molar-refractivity contribution in [2.24, 2.45) is 0 Å². The van der Waals surface area contributed by atoms with Gasteiger partial charge in [-0.25, -0.2) is 4.79 Å². The van der Waals surface area contributed by atoms with Crippen LogP contribution in [0.2, 0.25) is 0 Å². The van der Waals surface area contributed by atoms with E-state index in [1.807, 2.05) is 0 Å². The molecule has 7 heteroatoms. The van der Waals surface area contributed by atoms with Gasteiger partial charge >= 0.3 is 16.4 Å². The zero-order valence-electron chi connectivity index (χ0n) is 8.37. The Labute approximate surface area is 92.4 Å². The summed E-state index contributed by atoms with van der Waals surface area (Å²) in [5.74, 6) is -1.67. The van der Waals surface area contributed by atoms with Gasteiger partial charge in [0.25, 0.3) is 0 Å². The first-order valence-corrected chi connectivity index (χ1v) is 5.73. The molecule has 0 radical (unpaired) electrons. The molecule has 0 unspecified atom stereocenters. The largest absolute Gasteiger partial charge is 0.478 e. The molecule has 1 rings (SSSR count). The van der Waals surface area contributed by atoms with Gasteiger partial charge in [0.05, 0.1) is 0 Å². The molecule has 0 aliphatic carbocycles. The number of aryl methyl sites for hydroxylation is 1. The molecule has 88 valence electrons. The van der Waals surface area contributed by atoms with Crippen LogP contribution in [-0.2, 0) is 16.8 Å². The molecule has 0 aromatic heterocycles. The Kier molecular flexibility index (Phi) is 3.51. The summed E-state index contributed by atoms with van der Waals surface area (Å²) in [7, 11) is -4.73. The van der Waals surface area contributed by atoms with Gasteiger partial charge in [0.2, 0.25) is 0 Å². The van der Waals surface area contributed by atoms with Crippen LogP contribution in [0.25, 0.3) is 0 Å². The van der Waals surface area contributed by atoms with Gasteiger partial charge in [-0.15, -0.1) is 0 Å². The minimum absolute atomic E-state index is 0.308. The van der Waals surface area contributed by atoms with E-state index in [0.717, 1.165) is 0 Å². The van der Waals surface area contributed by atoms with E-state index in [4.69, 9.17) is 9.66 Å². The quantitative estimate of drug-likeness (QED) is 0.772. The number of carboxylic acids is 1. The van der Waals surface area contributed by atoms with Crippen molar-refractivity contribution in [2.45, 2.75) is 13.3 Å². The van der Waals surface area contributed by atoms with Crippen LogP contribution in [0.1, 0.15) is 22.8 Å². The molecule has 0 saturated carbocycles. The van der Waals surface area contributed by atoms with Crippen LogP contribution in [0.15, 0.2) is 18.2 Å². The summed E-state index contributed by atoms with van der Waals surface area (Å²) in [5, 5.41) is 8.83. The lowest BCUT2D eigenvalue weighted by atomic mass is 10.1. The van der Waals surface area contributed by atoms with E-state index in [-0.39, 0.29) is 11.3 Å². The Morgan fingerprint density at radius 2 is 2.06 bits per heavy atom. The first kappa shape index (κ1) is 12.5. The highest BCUT2D eigenvalue weighted by Gasteiger charge is 2.19. The van der Waals surface area contributed by atoms with Crippen molar-refractivity contribution in [3.8, 4) is 5.75 Å². The van der Waals surface area contributed by atoms with E-state index in [2.05, 4.69) is 4.18 Å². The summed E-state index contributed by atoms with van der Waals surface area (Å²) in [6.07, 6.45) is 0.381. The maximum Gasteiger partial charge on any atom is 0.446 e. The van der Waals surface area contributed by atoms with E-state index in [1.54, 1.807) is 6.92 Å². The van der Waals surface area contributed by atoms with Crippen LogP contribution < -0.4 is 4.18 Å². The summed E-state index contributed by atoms with van der Waals surface area (Å²) in [6, 6.07) is 4.19. The molecule has 0 aliphatic heterocycles. The molecule has 2 N–H and O–H groups in total. The van der Waals surface area contributed by atoms with Crippen LogP contribution in [0, 0.1) is 0 Å². The first-order valence-electron chi connectivity index (χ1n) is 4.37. The molecule has 0 amide bonds. The van der Waals surface area contributed by atoms with Crippen LogP contribution in [0.3, 0.4) is 0 Å². The van der Waals surface area contributed by atoms with E-state index < -0.39 is 16.4 Å². The monoisotopic (exact) mass is 246 g/mol. The molecule has 0 spiro atoms. The van der Waals surface area contributed by atoms with Crippen molar-refractivity contribution in [3.05, 3.63) is 29.3 Å². The molecule has 0 bridgehead atoms. The third-order valence-corrected chi connectivity index (χ3v) is 2.27. The highest BCUT2D eigenvalue weighted by Crippen LogP contribution is 2.25. The third kappa shape index (κ3) is 2.94. The fourth-order valence-corrected chi connectivity index (χ4v) is 1.64. The standard InChI is InChI=1S/C9H10O6S/c1-2-6-4-3-5-7(9(10)11)8(6)15-16(12,13)14/h3-5H,2H2,1H3,(H,10,11)(H,12,13,14). The van der Waals surface area contributed by atoms with Crippen LogP contribution in [0.4, 0.5) is 0 Å². The number of carbonyl (C=O) groups is 1. The molecular formula is C9H10O6S. The maximum absolute atomic E-state index is 10.8. The highest BCUT2D eigenvalue weighted by molar-refractivity contribution is 7.81. The number of rotatable bonds is 4. The molecule has 0 fully saturated rings. The molecule has 6 nitrogen and oxygen atoms in total. The van der Waals surface area contributed by atoms with Gasteiger partial charge in [0, 0.05) is 0 Å². The minimum Gasteiger partial charge on any atom is -0.478 e. The summed E-state index contributed by atoms with van der Waals surface area (Å²) in [4.78, 5) is 10.8. The topological polar surface area (TPSA) is 101 Å². The van der Waals surface area contributed by atoms with Crippen molar-refractivity contribution in [3.63, 3.8) is 0 Å². The van der Waals surface area contributed by atoms with E-state index in [0.29, 0.717) is 12.0 Å². The lowest BCUT2D eigenvalue weighted by Crippen LogP contribution is -2.12. The number of benzene rings is 1. The molecule has 0 saturated heterocycles. The van der Waals surface area contributed by atoms with Crippen LogP contribution >= 0.6 is 0 Å².